The van der Waals surface area contributed by atoms with Crippen LogP contribution < -0.4 is 11.1 Å². The van der Waals surface area contributed by atoms with E-state index in [2.05, 4.69) is 15.0 Å². The van der Waals surface area contributed by atoms with Gasteiger partial charge in [0.05, 0.1) is 19.3 Å². The van der Waals surface area contributed by atoms with E-state index >= 15 is 0 Å². The summed E-state index contributed by atoms with van der Waals surface area (Å²) in [5.41, 5.74) is 6.14. The van der Waals surface area contributed by atoms with E-state index in [-0.39, 0.29) is 5.91 Å². The lowest BCUT2D eigenvalue weighted by Crippen LogP contribution is -2.32. The van der Waals surface area contributed by atoms with Gasteiger partial charge in [0.2, 0.25) is 5.91 Å². The van der Waals surface area contributed by atoms with E-state index in [1.807, 2.05) is 0 Å². The molecule has 2 rings (SSSR count). The molecule has 110 valence electrons. The zero-order valence-corrected chi connectivity index (χ0v) is 12.2. The number of nitrogens with zero attached hydrogens (tertiary/aromatic N) is 1. The smallest absolute Gasteiger partial charge is 0.350 e. The molecular weight excluding hydrogens is 278 g/mol. The van der Waals surface area contributed by atoms with Crippen molar-refractivity contribution < 1.29 is 14.3 Å². The van der Waals surface area contributed by atoms with Crippen LogP contribution in [0, 0.1) is 5.92 Å². The molecule has 6 nitrogen and oxygen atoms in total. The second-order valence-electron chi connectivity index (χ2n) is 4.83. The van der Waals surface area contributed by atoms with Crippen molar-refractivity contribution >= 4 is 28.9 Å². The fourth-order valence-electron chi connectivity index (χ4n) is 2.30. The van der Waals surface area contributed by atoms with E-state index in [4.69, 9.17) is 5.73 Å². The number of esters is 1. The molecule has 1 aliphatic heterocycles. The van der Waals surface area contributed by atoms with E-state index in [9.17, 15) is 9.59 Å². The number of hydrogen-bond donors (Lipinski definition) is 2. The van der Waals surface area contributed by atoms with Crippen molar-refractivity contribution in [1.29, 1.82) is 0 Å². The van der Waals surface area contributed by atoms with Gasteiger partial charge < -0.3 is 15.8 Å². The van der Waals surface area contributed by atoms with Gasteiger partial charge in [-0.25, -0.2) is 4.79 Å². The lowest BCUT2D eigenvalue weighted by atomic mass is 10.1. The number of hydrogen-bond acceptors (Lipinski definition) is 6. The second kappa shape index (κ2) is 6.83. The zero-order valence-electron chi connectivity index (χ0n) is 11.4. The highest BCUT2D eigenvalue weighted by Crippen LogP contribution is 2.23. The molecule has 1 unspecified atom stereocenters. The van der Waals surface area contributed by atoms with Gasteiger partial charge in [0.25, 0.3) is 0 Å². The number of carbonyl (C=O) groups is 2. The molecule has 3 N–H and O–H groups in total. The Bertz CT molecular complexity index is 489. The number of likely N-dealkylation sites (tertiary alicyclic amines) is 1. The quantitative estimate of drug-likeness (QED) is 0.784. The third-order valence-corrected chi connectivity index (χ3v) is 4.28. The minimum Gasteiger partial charge on any atom is -0.465 e. The Balaban J connectivity index is 1.89. The first-order valence-corrected chi connectivity index (χ1v) is 7.40. The van der Waals surface area contributed by atoms with Crippen LogP contribution in [0.5, 0.6) is 0 Å². The first-order valence-electron chi connectivity index (χ1n) is 6.52. The molecule has 1 amide bonds. The van der Waals surface area contributed by atoms with Gasteiger partial charge in [-0.3, -0.25) is 9.69 Å². The summed E-state index contributed by atoms with van der Waals surface area (Å²) in [6.45, 7) is 2.74. The van der Waals surface area contributed by atoms with E-state index in [1.54, 1.807) is 11.4 Å². The fourth-order valence-corrected chi connectivity index (χ4v) is 3.07. The van der Waals surface area contributed by atoms with Crippen molar-refractivity contribution in [2.45, 2.75) is 6.42 Å². The number of carbonyl (C=O) groups excluding carboxylic acids is 2. The van der Waals surface area contributed by atoms with Crippen molar-refractivity contribution in [3.63, 3.8) is 0 Å². The number of rotatable bonds is 5. The molecule has 2 heterocycles. The number of thiophene rings is 1. The fraction of sp³-hybridized carbons (Fsp3) is 0.538. The van der Waals surface area contributed by atoms with Gasteiger partial charge in [-0.15, -0.1) is 11.3 Å². The number of nitrogens with one attached hydrogen (secondary N) is 1. The van der Waals surface area contributed by atoms with Gasteiger partial charge in [-0.2, -0.15) is 0 Å². The molecule has 1 aliphatic rings. The molecule has 1 fully saturated rings. The van der Waals surface area contributed by atoms with Crippen molar-refractivity contribution in [2.24, 2.45) is 11.7 Å². The van der Waals surface area contributed by atoms with Gasteiger partial charge in [0.1, 0.15) is 4.88 Å². The maximum atomic E-state index is 12.0. The molecule has 0 bridgehead atoms. The lowest BCUT2D eigenvalue weighted by Gasteiger charge is -2.15. The average molecular weight is 297 g/mol. The van der Waals surface area contributed by atoms with Crippen LogP contribution in [0.4, 0.5) is 5.69 Å². The Morgan fingerprint density at radius 1 is 1.60 bits per heavy atom. The zero-order chi connectivity index (χ0) is 14.5. The van der Waals surface area contributed by atoms with E-state index in [0.717, 1.165) is 19.5 Å². The van der Waals surface area contributed by atoms with Crippen molar-refractivity contribution in [3.8, 4) is 0 Å². The van der Waals surface area contributed by atoms with Crippen LogP contribution in [0.1, 0.15) is 16.1 Å². The summed E-state index contributed by atoms with van der Waals surface area (Å²) in [6, 6.07) is 1.71. The largest absolute Gasteiger partial charge is 0.465 e. The van der Waals surface area contributed by atoms with Gasteiger partial charge in [0, 0.05) is 6.54 Å². The van der Waals surface area contributed by atoms with Crippen molar-refractivity contribution in [2.75, 3.05) is 38.6 Å². The van der Waals surface area contributed by atoms with Crippen LogP contribution in [0.3, 0.4) is 0 Å². The Labute approximate surface area is 121 Å². The highest BCUT2D eigenvalue weighted by molar-refractivity contribution is 7.12. The monoisotopic (exact) mass is 297 g/mol. The average Bonchev–Trinajstić information content (AvgIpc) is 3.07. The Morgan fingerprint density at radius 2 is 2.40 bits per heavy atom. The summed E-state index contributed by atoms with van der Waals surface area (Å²) in [6.07, 6.45) is 1.04. The van der Waals surface area contributed by atoms with Crippen molar-refractivity contribution in [1.82, 2.24) is 4.90 Å². The van der Waals surface area contributed by atoms with Crippen LogP contribution in [0.2, 0.25) is 0 Å². The third kappa shape index (κ3) is 3.56. The summed E-state index contributed by atoms with van der Waals surface area (Å²) in [4.78, 5) is 26.0. The molecule has 1 aromatic heterocycles. The van der Waals surface area contributed by atoms with E-state index in [0.29, 0.717) is 29.6 Å². The number of methoxy groups -OCH3 is 1. The molecule has 0 saturated carbocycles. The van der Waals surface area contributed by atoms with E-state index in [1.165, 1.54) is 18.4 Å². The highest BCUT2D eigenvalue weighted by atomic mass is 32.1. The van der Waals surface area contributed by atoms with Gasteiger partial charge in [-0.1, -0.05) is 0 Å². The Kier molecular flexibility index (Phi) is 5.11. The molecule has 0 aromatic carbocycles. The maximum absolute atomic E-state index is 12.0. The van der Waals surface area contributed by atoms with Gasteiger partial charge in [-0.05, 0) is 36.9 Å². The summed E-state index contributed by atoms with van der Waals surface area (Å²) in [5, 5.41) is 4.52. The molecule has 1 saturated heterocycles. The first kappa shape index (κ1) is 15.0. The summed E-state index contributed by atoms with van der Waals surface area (Å²) >= 11 is 1.25. The molecule has 1 atom stereocenters. The molecule has 7 heteroatoms. The summed E-state index contributed by atoms with van der Waals surface area (Å²) in [7, 11) is 1.32. The second-order valence-corrected chi connectivity index (χ2v) is 5.74. The van der Waals surface area contributed by atoms with E-state index < -0.39 is 5.97 Å². The number of nitrogens with two attached hydrogens (primary N) is 1. The number of amides is 1. The Morgan fingerprint density at radius 3 is 3.05 bits per heavy atom. The molecule has 1 aromatic rings. The van der Waals surface area contributed by atoms with Crippen LogP contribution in [-0.2, 0) is 9.53 Å². The highest BCUT2D eigenvalue weighted by Gasteiger charge is 2.23. The van der Waals surface area contributed by atoms with Gasteiger partial charge >= 0.3 is 5.97 Å². The minimum absolute atomic E-state index is 0.119. The Hall–Kier alpha value is -1.44. The standard InChI is InChI=1S/C13H19N3O3S/c1-19-13(18)12-10(3-5-20-12)15-11(17)8-16-4-2-9(6-14)7-16/h3,5,9H,2,4,6-8,14H2,1H3,(H,15,17). The SMILES string of the molecule is COC(=O)c1sccc1NC(=O)CN1CCC(CN)C1. The first-order chi connectivity index (χ1) is 9.63. The topological polar surface area (TPSA) is 84.7 Å². The normalized spacial score (nSPS) is 19.0. The molecule has 0 aliphatic carbocycles. The maximum Gasteiger partial charge on any atom is 0.350 e. The molecule has 0 spiro atoms. The summed E-state index contributed by atoms with van der Waals surface area (Å²) < 4.78 is 4.67. The predicted octanol–water partition coefficient (Wildman–Crippen LogP) is 0.754. The molecular formula is C13H19N3O3S. The molecule has 0 radical (unpaired) electrons. The third-order valence-electron chi connectivity index (χ3n) is 3.38. The van der Waals surface area contributed by atoms with Crippen molar-refractivity contribution in [3.05, 3.63) is 16.3 Å². The van der Waals surface area contributed by atoms with Crippen LogP contribution in [-0.4, -0.2) is 50.1 Å². The van der Waals surface area contributed by atoms with Crippen LogP contribution in [0.15, 0.2) is 11.4 Å². The van der Waals surface area contributed by atoms with Crippen LogP contribution >= 0.6 is 11.3 Å². The van der Waals surface area contributed by atoms with Crippen LogP contribution in [0.25, 0.3) is 0 Å². The minimum atomic E-state index is -0.431. The number of anilines is 1. The molecule has 20 heavy (non-hydrogen) atoms. The van der Waals surface area contributed by atoms with Gasteiger partial charge in [0.15, 0.2) is 0 Å². The predicted molar refractivity (Wildman–Crippen MR) is 77.9 cm³/mol. The summed E-state index contributed by atoms with van der Waals surface area (Å²) in [5.74, 6) is -0.0690. The lowest BCUT2D eigenvalue weighted by molar-refractivity contribution is -0.117. The number of ether oxygens (including phenoxy) is 1.